The summed E-state index contributed by atoms with van der Waals surface area (Å²) in [6.07, 6.45) is 6.76. The molecule has 2 fully saturated rings. The number of carbonyl (C=O) groups excluding carboxylic acids is 1. The van der Waals surface area contributed by atoms with E-state index in [1.807, 2.05) is 24.3 Å². The molecule has 0 bridgehead atoms. The van der Waals surface area contributed by atoms with Gasteiger partial charge in [-0.1, -0.05) is 26.0 Å². The number of hydrogen-bond donors (Lipinski definition) is 0. The maximum absolute atomic E-state index is 12.3. The van der Waals surface area contributed by atoms with Crippen LogP contribution in [0.2, 0.25) is 0 Å². The third-order valence-corrected chi connectivity index (χ3v) is 5.20. The molecule has 2 aliphatic carbocycles. The summed E-state index contributed by atoms with van der Waals surface area (Å²) in [5.41, 5.74) is 2.03. The second-order valence-corrected chi connectivity index (χ2v) is 7.29. The monoisotopic (exact) mass is 324 g/mol. The SMILES string of the molecule is CC1(c2cccnc2OC(=O)Oc2ncccc2C2(C)CC2)CC1. The van der Waals surface area contributed by atoms with Crippen LogP contribution in [0.3, 0.4) is 0 Å². The van der Waals surface area contributed by atoms with E-state index < -0.39 is 6.16 Å². The van der Waals surface area contributed by atoms with Crippen molar-refractivity contribution in [2.75, 3.05) is 0 Å². The van der Waals surface area contributed by atoms with E-state index in [-0.39, 0.29) is 10.8 Å². The number of carbonyl (C=O) groups is 1. The fraction of sp³-hybridized carbons (Fsp3) is 0.421. The highest BCUT2D eigenvalue weighted by Crippen LogP contribution is 2.51. The summed E-state index contributed by atoms with van der Waals surface area (Å²) in [4.78, 5) is 20.7. The van der Waals surface area contributed by atoms with Gasteiger partial charge in [0.1, 0.15) is 0 Å². The molecule has 0 amide bonds. The summed E-state index contributed by atoms with van der Waals surface area (Å²) in [5.74, 6) is 0.662. The lowest BCUT2D eigenvalue weighted by molar-refractivity contribution is 0.146. The van der Waals surface area contributed by atoms with Gasteiger partial charge < -0.3 is 9.47 Å². The van der Waals surface area contributed by atoms with E-state index in [2.05, 4.69) is 23.8 Å². The fourth-order valence-corrected chi connectivity index (χ4v) is 2.96. The molecule has 2 heterocycles. The number of pyridine rings is 2. The first kappa shape index (κ1) is 15.1. The second kappa shape index (κ2) is 5.30. The molecular formula is C19H20N2O3. The molecule has 2 aromatic heterocycles. The molecular weight excluding hydrogens is 304 g/mol. The Balaban J connectivity index is 1.53. The number of ether oxygens (including phenoxy) is 2. The quantitative estimate of drug-likeness (QED) is 0.790. The van der Waals surface area contributed by atoms with Crippen LogP contribution in [0.4, 0.5) is 4.79 Å². The number of hydrogen-bond acceptors (Lipinski definition) is 5. The van der Waals surface area contributed by atoms with Crippen LogP contribution < -0.4 is 9.47 Å². The van der Waals surface area contributed by atoms with Crippen molar-refractivity contribution < 1.29 is 14.3 Å². The van der Waals surface area contributed by atoms with Gasteiger partial charge >= 0.3 is 6.16 Å². The summed E-state index contributed by atoms with van der Waals surface area (Å²) in [6.45, 7) is 4.29. The van der Waals surface area contributed by atoms with E-state index in [9.17, 15) is 4.79 Å². The zero-order valence-electron chi connectivity index (χ0n) is 13.9. The Morgan fingerprint density at radius 2 is 1.29 bits per heavy atom. The molecule has 0 radical (unpaired) electrons. The molecule has 5 heteroatoms. The topological polar surface area (TPSA) is 61.3 Å². The van der Waals surface area contributed by atoms with Gasteiger partial charge in [0.2, 0.25) is 11.8 Å². The fourth-order valence-electron chi connectivity index (χ4n) is 2.96. The molecule has 24 heavy (non-hydrogen) atoms. The predicted molar refractivity (Wildman–Crippen MR) is 88.3 cm³/mol. The number of rotatable bonds is 4. The summed E-state index contributed by atoms with van der Waals surface area (Å²) in [5, 5.41) is 0. The zero-order valence-corrected chi connectivity index (χ0v) is 13.9. The van der Waals surface area contributed by atoms with E-state index in [0.717, 1.165) is 36.8 Å². The Morgan fingerprint density at radius 1 is 0.875 bits per heavy atom. The first-order valence-corrected chi connectivity index (χ1v) is 8.31. The van der Waals surface area contributed by atoms with Crippen LogP contribution >= 0.6 is 0 Å². The highest BCUT2D eigenvalue weighted by molar-refractivity contribution is 5.67. The van der Waals surface area contributed by atoms with Gasteiger partial charge in [0.25, 0.3) is 0 Å². The van der Waals surface area contributed by atoms with Gasteiger partial charge in [0, 0.05) is 23.5 Å². The van der Waals surface area contributed by atoms with E-state index in [1.165, 1.54) is 0 Å². The minimum absolute atomic E-state index is 0.0571. The molecule has 124 valence electrons. The van der Waals surface area contributed by atoms with Gasteiger partial charge in [-0.05, 0) is 48.6 Å². The molecule has 2 saturated carbocycles. The molecule has 0 aliphatic heterocycles. The van der Waals surface area contributed by atoms with Crippen LogP contribution in [0.1, 0.15) is 50.7 Å². The molecule has 2 aromatic rings. The number of nitrogens with zero attached hydrogens (tertiary/aromatic N) is 2. The Bertz CT molecular complexity index is 729. The standard InChI is InChI=1S/C19H20N2O3/c1-18(7-8-18)13-5-3-11-20-15(13)23-17(22)24-16-14(6-4-12-21-16)19(2)9-10-19/h3-6,11-12H,7-10H2,1-2H3. The maximum Gasteiger partial charge on any atom is 0.522 e. The van der Waals surface area contributed by atoms with Crippen molar-refractivity contribution in [3.63, 3.8) is 0 Å². The first-order valence-electron chi connectivity index (χ1n) is 8.31. The smallest absolute Gasteiger partial charge is 0.375 e. The Morgan fingerprint density at radius 3 is 1.67 bits per heavy atom. The van der Waals surface area contributed by atoms with Gasteiger partial charge in [0.15, 0.2) is 0 Å². The molecule has 0 N–H and O–H groups in total. The third-order valence-electron chi connectivity index (χ3n) is 5.20. The highest BCUT2D eigenvalue weighted by atomic mass is 16.7. The van der Waals surface area contributed by atoms with Gasteiger partial charge in [-0.3, -0.25) is 0 Å². The van der Waals surface area contributed by atoms with Gasteiger partial charge in [-0.15, -0.1) is 0 Å². The van der Waals surface area contributed by atoms with E-state index in [1.54, 1.807) is 12.4 Å². The average molecular weight is 324 g/mol. The van der Waals surface area contributed by atoms with Crippen LogP contribution in [0.25, 0.3) is 0 Å². The summed E-state index contributed by atoms with van der Waals surface area (Å²) < 4.78 is 10.8. The van der Waals surface area contributed by atoms with Gasteiger partial charge in [-0.2, -0.15) is 0 Å². The lowest BCUT2D eigenvalue weighted by atomic mass is 10.00. The third kappa shape index (κ3) is 2.75. The molecule has 0 atom stereocenters. The predicted octanol–water partition coefficient (Wildman–Crippen LogP) is 4.16. The minimum atomic E-state index is -0.789. The van der Waals surface area contributed by atoms with Crippen LogP contribution in [0, 0.1) is 0 Å². The lowest BCUT2D eigenvalue weighted by Crippen LogP contribution is -2.19. The molecule has 0 saturated heterocycles. The summed E-state index contributed by atoms with van der Waals surface area (Å²) in [7, 11) is 0. The number of aromatic nitrogens is 2. The molecule has 5 nitrogen and oxygen atoms in total. The summed E-state index contributed by atoms with van der Waals surface area (Å²) in [6, 6.07) is 7.64. The lowest BCUT2D eigenvalue weighted by Gasteiger charge is -2.15. The van der Waals surface area contributed by atoms with Crippen molar-refractivity contribution >= 4 is 6.16 Å². The molecule has 0 aromatic carbocycles. The molecule has 4 rings (SSSR count). The maximum atomic E-state index is 12.3. The van der Waals surface area contributed by atoms with Crippen LogP contribution in [-0.2, 0) is 10.8 Å². The summed E-state index contributed by atoms with van der Waals surface area (Å²) >= 11 is 0. The van der Waals surface area contributed by atoms with Crippen molar-refractivity contribution in [1.29, 1.82) is 0 Å². The zero-order chi connectivity index (χ0) is 16.8. The van der Waals surface area contributed by atoms with Crippen molar-refractivity contribution in [3.8, 4) is 11.8 Å². The Hall–Kier alpha value is -2.43. The highest BCUT2D eigenvalue weighted by Gasteiger charge is 2.43. The molecule has 0 spiro atoms. The first-order chi connectivity index (χ1) is 11.5. The molecule has 0 unspecified atom stereocenters. The van der Waals surface area contributed by atoms with E-state index in [4.69, 9.17) is 9.47 Å². The molecule has 2 aliphatic rings. The van der Waals surface area contributed by atoms with E-state index >= 15 is 0 Å². The van der Waals surface area contributed by atoms with Crippen LogP contribution in [0.15, 0.2) is 36.7 Å². The van der Waals surface area contributed by atoms with Crippen molar-refractivity contribution in [2.24, 2.45) is 0 Å². The average Bonchev–Trinajstić information content (AvgIpc) is 3.48. The van der Waals surface area contributed by atoms with Crippen LogP contribution in [-0.4, -0.2) is 16.1 Å². The van der Waals surface area contributed by atoms with Crippen molar-refractivity contribution in [3.05, 3.63) is 47.8 Å². The minimum Gasteiger partial charge on any atom is -0.375 e. The van der Waals surface area contributed by atoms with Gasteiger partial charge in [0.05, 0.1) is 0 Å². The van der Waals surface area contributed by atoms with Crippen molar-refractivity contribution in [1.82, 2.24) is 9.97 Å². The van der Waals surface area contributed by atoms with E-state index in [0.29, 0.717) is 11.8 Å². The Kier molecular flexibility index (Phi) is 3.34. The largest absolute Gasteiger partial charge is 0.522 e. The van der Waals surface area contributed by atoms with Crippen LogP contribution in [0.5, 0.6) is 11.8 Å². The Labute approximate surface area is 141 Å². The normalized spacial score (nSPS) is 19.4. The van der Waals surface area contributed by atoms with Crippen molar-refractivity contribution in [2.45, 2.75) is 50.4 Å². The van der Waals surface area contributed by atoms with Gasteiger partial charge in [-0.25, -0.2) is 14.8 Å². The second-order valence-electron chi connectivity index (χ2n) is 7.29.